The molecule has 2 aromatic carbocycles. The average molecular weight is 1000 g/mol. The topological polar surface area (TPSA) is 137 Å². The molecule has 7 aliphatic rings. The number of sulfone groups is 2. The van der Waals surface area contributed by atoms with Gasteiger partial charge < -0.3 is 28.2 Å². The third-order valence-corrected chi connectivity index (χ3v) is 18.1. The molecule has 3 aliphatic heterocycles. The van der Waals surface area contributed by atoms with Crippen LogP contribution in [0.1, 0.15) is 88.5 Å². The van der Waals surface area contributed by atoms with Crippen LogP contribution in [0.5, 0.6) is 0 Å². The summed E-state index contributed by atoms with van der Waals surface area (Å²) in [6.07, 6.45) is 23.2. The number of allylic oxidation sites excluding steroid dienone is 2. The molecule has 0 N–H and O–H groups in total. The Kier molecular flexibility index (Phi) is 11.7. The van der Waals surface area contributed by atoms with Crippen molar-refractivity contribution in [1.82, 2.24) is 9.13 Å². The van der Waals surface area contributed by atoms with Crippen molar-refractivity contribution in [3.8, 4) is 11.1 Å². The van der Waals surface area contributed by atoms with Gasteiger partial charge in [-0.1, -0.05) is 24.3 Å². The minimum absolute atomic E-state index is 0.0164. The highest BCUT2D eigenvalue weighted by atomic mass is 79.9. The molecule has 66 heavy (non-hydrogen) atoms. The Labute approximate surface area is 397 Å². The summed E-state index contributed by atoms with van der Waals surface area (Å²) < 4.78 is 63.8. The van der Waals surface area contributed by atoms with Crippen molar-refractivity contribution in [2.24, 2.45) is 24.9 Å². The minimum Gasteiger partial charge on any atom is -0.399 e. The number of halogens is 1. The fourth-order valence-corrected chi connectivity index (χ4v) is 12.1. The quantitative estimate of drug-likeness (QED) is 0.184. The molecule has 0 radical (unpaired) electrons. The van der Waals surface area contributed by atoms with Crippen molar-refractivity contribution in [3.05, 3.63) is 108 Å². The molecular weight excluding hydrogens is 939 g/mol. The summed E-state index contributed by atoms with van der Waals surface area (Å²) in [5.74, 6) is 0. The normalized spacial score (nSPS) is 20.9. The first-order valence-electron chi connectivity index (χ1n) is 22.9. The van der Waals surface area contributed by atoms with Crippen LogP contribution in [0, 0.1) is 10.8 Å². The minimum atomic E-state index is -3.32. The first-order chi connectivity index (χ1) is 30.9. The van der Waals surface area contributed by atoms with Crippen LogP contribution < -0.4 is 26.4 Å². The second-order valence-corrected chi connectivity index (χ2v) is 25.6. The summed E-state index contributed by atoms with van der Waals surface area (Å²) in [7, 11) is -3.34. The second-order valence-electron chi connectivity index (χ2n) is 20.7. The van der Waals surface area contributed by atoms with E-state index in [2.05, 4.69) is 25.7 Å². The number of benzene rings is 2. The molecule has 2 spiro atoms. The fourth-order valence-electron chi connectivity index (χ4n) is 10.1. The van der Waals surface area contributed by atoms with E-state index in [1.807, 2.05) is 76.5 Å². The molecule has 16 heteroatoms. The predicted octanol–water partition coefficient (Wildman–Crippen LogP) is 7.11. The predicted molar refractivity (Wildman–Crippen MR) is 267 cm³/mol. The Balaban J connectivity index is 0.000000129. The number of nitrogens with zero attached hydrogens (tertiary/aromatic N) is 4. The van der Waals surface area contributed by atoms with Crippen LogP contribution in [-0.2, 0) is 55.9 Å². The summed E-state index contributed by atoms with van der Waals surface area (Å²) in [6, 6.07) is 10.8. The first-order valence-corrected chi connectivity index (χ1v) is 27.5. The van der Waals surface area contributed by atoms with Gasteiger partial charge in [-0.05, 0) is 153 Å². The molecule has 0 unspecified atom stereocenters. The molecule has 5 heterocycles. The summed E-state index contributed by atoms with van der Waals surface area (Å²) >= 11 is 3.50. The van der Waals surface area contributed by atoms with Gasteiger partial charge in [0.05, 0.1) is 26.7 Å². The smallest absolute Gasteiger partial charge is 0.399 e. The van der Waals surface area contributed by atoms with Gasteiger partial charge in [0.25, 0.3) is 11.1 Å². The summed E-state index contributed by atoms with van der Waals surface area (Å²) in [4.78, 5) is 30.1. The second kappa shape index (κ2) is 16.5. The van der Waals surface area contributed by atoms with E-state index in [0.717, 1.165) is 80.9 Å². The van der Waals surface area contributed by atoms with E-state index in [9.17, 15) is 26.4 Å². The van der Waals surface area contributed by atoms with Crippen molar-refractivity contribution in [2.45, 2.75) is 100 Å². The number of pyridine rings is 2. The van der Waals surface area contributed by atoms with Gasteiger partial charge in [0.2, 0.25) is 0 Å². The number of anilines is 2. The molecule has 5 fully saturated rings. The Morgan fingerprint density at radius 1 is 0.621 bits per heavy atom. The van der Waals surface area contributed by atoms with Crippen LogP contribution in [0.4, 0.5) is 11.4 Å². The Bertz CT molecular complexity index is 3060. The van der Waals surface area contributed by atoms with Gasteiger partial charge in [-0.2, -0.15) is 0 Å². The molecule has 0 atom stereocenters. The Hall–Kier alpha value is -4.22. The van der Waals surface area contributed by atoms with E-state index in [4.69, 9.17) is 9.31 Å². The van der Waals surface area contributed by atoms with Gasteiger partial charge in [0.15, 0.2) is 19.7 Å². The van der Waals surface area contributed by atoms with E-state index in [-0.39, 0.29) is 22.3 Å². The zero-order chi connectivity index (χ0) is 47.4. The zero-order valence-electron chi connectivity index (χ0n) is 39.2. The Morgan fingerprint density at radius 3 is 1.59 bits per heavy atom. The molecule has 3 saturated heterocycles. The molecule has 2 aromatic heterocycles. The molecule has 2 saturated carbocycles. The number of fused-ring (bicyclic) bond motifs is 2. The number of aromatic nitrogens is 2. The summed E-state index contributed by atoms with van der Waals surface area (Å²) in [6.45, 7) is 12.4. The van der Waals surface area contributed by atoms with E-state index in [0.29, 0.717) is 33.5 Å². The van der Waals surface area contributed by atoms with Gasteiger partial charge in [0, 0.05) is 103 Å². The van der Waals surface area contributed by atoms with Crippen LogP contribution in [0.25, 0.3) is 23.3 Å². The van der Waals surface area contributed by atoms with Gasteiger partial charge in [-0.25, -0.2) is 16.8 Å². The maximum absolute atomic E-state index is 12.5. The van der Waals surface area contributed by atoms with Crippen LogP contribution in [0.3, 0.4) is 0 Å². The van der Waals surface area contributed by atoms with Crippen molar-refractivity contribution < 1.29 is 26.1 Å². The average Bonchev–Trinajstić information content (AvgIpc) is 3.72. The highest BCUT2D eigenvalue weighted by Crippen LogP contribution is 2.55. The van der Waals surface area contributed by atoms with E-state index < -0.39 is 26.8 Å². The van der Waals surface area contributed by atoms with Crippen LogP contribution >= 0.6 is 15.9 Å². The van der Waals surface area contributed by atoms with Crippen molar-refractivity contribution in [3.63, 3.8) is 0 Å². The SMILES string of the molecule is CS(=O)(=O)c1ccc(N2CCC3(CC3)C2)c(Br)c1.Cn1cc(-c2cc(S(C)(=O)=O)ccc2N2CCC3(CC3)C2)c2c(c1=O)CC=C2.Cn1cc(B2OC(C)(C)C(C)(C)O2)c2c(c1=O)CC=C2. The number of aryl methyl sites for hydroxylation is 2. The van der Waals surface area contributed by atoms with Crippen LogP contribution in [0.15, 0.2) is 84.8 Å². The van der Waals surface area contributed by atoms with Crippen LogP contribution in [0.2, 0.25) is 0 Å². The van der Waals surface area contributed by atoms with Crippen molar-refractivity contribution in [1.29, 1.82) is 0 Å². The molecule has 350 valence electrons. The van der Waals surface area contributed by atoms with Gasteiger partial charge in [-0.15, -0.1) is 0 Å². The third-order valence-electron chi connectivity index (χ3n) is 15.3. The Morgan fingerprint density at radius 2 is 1.09 bits per heavy atom. The van der Waals surface area contributed by atoms with Crippen LogP contribution in [-0.4, -0.2) is 83.0 Å². The van der Waals surface area contributed by atoms with E-state index in [1.165, 1.54) is 51.0 Å². The third kappa shape index (κ3) is 8.85. The number of hydrogen-bond acceptors (Lipinski definition) is 10. The maximum atomic E-state index is 12.5. The summed E-state index contributed by atoms with van der Waals surface area (Å²) in [5, 5.41) is 0. The fraction of sp³-hybridized carbons (Fsp3) is 0.480. The summed E-state index contributed by atoms with van der Waals surface area (Å²) in [5.41, 5.74) is 8.85. The van der Waals surface area contributed by atoms with Gasteiger partial charge in [-0.3, -0.25) is 9.59 Å². The van der Waals surface area contributed by atoms with Gasteiger partial charge in [0.1, 0.15) is 0 Å². The van der Waals surface area contributed by atoms with Gasteiger partial charge >= 0.3 is 7.12 Å². The first kappa shape index (κ1) is 46.9. The molecule has 4 aliphatic carbocycles. The van der Waals surface area contributed by atoms with E-state index in [1.54, 1.807) is 47.5 Å². The number of hydrogen-bond donors (Lipinski definition) is 0. The molecule has 4 aromatic rings. The van der Waals surface area contributed by atoms with Crippen molar-refractivity contribution in [2.75, 3.05) is 48.5 Å². The maximum Gasteiger partial charge on any atom is 0.496 e. The molecule has 0 amide bonds. The standard InChI is InChI=1S/C22H24N2O3S.C15H20BNO3.C13H16BrNO2S/c1-23-13-19(16-4-3-5-17(16)21(23)25)18-12-15(28(2,26)27)6-7-20(18)24-11-10-22(14-24)8-9-22;1-14(2)15(3,4)20-16(19-14)12-9-17(5)13(18)11-8-6-7-10(11)12;1-18(16,17)10-2-3-12(11(14)8-10)15-7-6-13(9-15)4-5-13/h3-4,6-7,12-13H,5,8-11,14H2,1-2H3;6-7,9H,8H2,1-5H3;2-3,8H,4-7,9H2,1H3. The van der Waals surface area contributed by atoms with Crippen molar-refractivity contribution >= 4 is 71.7 Å². The monoisotopic (exact) mass is 998 g/mol. The highest BCUT2D eigenvalue weighted by Gasteiger charge is 2.53. The lowest BCUT2D eigenvalue weighted by Gasteiger charge is -2.32. The van der Waals surface area contributed by atoms with E-state index >= 15 is 0 Å². The largest absolute Gasteiger partial charge is 0.496 e. The lowest BCUT2D eigenvalue weighted by Crippen LogP contribution is -2.41. The number of rotatable bonds is 6. The molecular formula is C50H60BBrN4O8S2. The lowest BCUT2D eigenvalue weighted by molar-refractivity contribution is 0.00578. The zero-order valence-corrected chi connectivity index (χ0v) is 42.5. The lowest BCUT2D eigenvalue weighted by atomic mass is 9.76. The molecule has 11 rings (SSSR count). The highest BCUT2D eigenvalue weighted by molar-refractivity contribution is 9.10. The molecule has 12 nitrogen and oxygen atoms in total. The molecule has 0 bridgehead atoms.